The molecule has 0 spiro atoms. The topological polar surface area (TPSA) is 71.6 Å². The molecule has 0 bridgehead atoms. The molecule has 2 N–H and O–H groups in total. The van der Waals surface area contributed by atoms with Gasteiger partial charge in [0.15, 0.2) is 0 Å². The number of aromatic nitrogens is 1. The van der Waals surface area contributed by atoms with Crippen molar-refractivity contribution in [3.63, 3.8) is 0 Å². The largest absolute Gasteiger partial charge is 0.364 e. The maximum atomic E-state index is 11.7. The first-order chi connectivity index (χ1) is 12.7. The third kappa shape index (κ3) is 3.53. The van der Waals surface area contributed by atoms with E-state index in [1.54, 1.807) is 0 Å². The van der Waals surface area contributed by atoms with Gasteiger partial charge in [-0.15, -0.1) is 0 Å². The van der Waals surface area contributed by atoms with Gasteiger partial charge in [0.2, 0.25) is 0 Å². The monoisotopic (exact) mass is 348 g/mol. The lowest BCUT2D eigenvalue weighted by molar-refractivity contribution is -0.111. The van der Waals surface area contributed by atoms with Crippen LogP contribution in [-0.4, -0.2) is 41.1 Å². The SMILES string of the molecule is NC(=O)C1=NCCc2ccc(-c3cncc(CN4CCCCC4)c3)cc21. The molecule has 1 saturated heterocycles. The van der Waals surface area contributed by atoms with E-state index < -0.39 is 5.91 Å². The van der Waals surface area contributed by atoms with Gasteiger partial charge >= 0.3 is 0 Å². The van der Waals surface area contributed by atoms with Crippen molar-refractivity contribution >= 4 is 11.6 Å². The lowest BCUT2D eigenvalue weighted by Crippen LogP contribution is -2.29. The Balaban J connectivity index is 1.62. The summed E-state index contributed by atoms with van der Waals surface area (Å²) in [7, 11) is 0. The van der Waals surface area contributed by atoms with Crippen molar-refractivity contribution in [1.82, 2.24) is 9.88 Å². The summed E-state index contributed by atoms with van der Waals surface area (Å²) >= 11 is 0. The van der Waals surface area contributed by atoms with Crippen LogP contribution >= 0.6 is 0 Å². The molecule has 0 saturated carbocycles. The van der Waals surface area contributed by atoms with Crippen molar-refractivity contribution in [2.45, 2.75) is 32.2 Å². The molecule has 0 aliphatic carbocycles. The van der Waals surface area contributed by atoms with Crippen LogP contribution in [0.3, 0.4) is 0 Å². The molecular weight excluding hydrogens is 324 g/mol. The fourth-order valence-electron chi connectivity index (χ4n) is 3.89. The summed E-state index contributed by atoms with van der Waals surface area (Å²) in [6, 6.07) is 8.41. The van der Waals surface area contributed by atoms with Gasteiger partial charge in [0.05, 0.1) is 0 Å². The first-order valence-corrected chi connectivity index (χ1v) is 9.35. The average Bonchev–Trinajstić information content (AvgIpc) is 2.68. The van der Waals surface area contributed by atoms with Crippen LogP contribution in [0.25, 0.3) is 11.1 Å². The minimum Gasteiger partial charge on any atom is -0.364 e. The summed E-state index contributed by atoms with van der Waals surface area (Å²) in [4.78, 5) is 23.0. The molecule has 2 aromatic rings. The zero-order valence-corrected chi connectivity index (χ0v) is 14.9. The van der Waals surface area contributed by atoms with Crippen molar-refractivity contribution in [1.29, 1.82) is 0 Å². The molecule has 2 aliphatic rings. The summed E-state index contributed by atoms with van der Waals surface area (Å²) in [5.41, 5.74) is 11.2. The predicted molar refractivity (Wildman–Crippen MR) is 103 cm³/mol. The number of amides is 1. The molecule has 1 aromatic carbocycles. The van der Waals surface area contributed by atoms with Crippen molar-refractivity contribution < 1.29 is 4.79 Å². The number of benzene rings is 1. The zero-order valence-electron chi connectivity index (χ0n) is 14.9. The number of piperidine rings is 1. The number of hydrogen-bond donors (Lipinski definition) is 1. The second kappa shape index (κ2) is 7.38. The van der Waals surface area contributed by atoms with E-state index in [1.807, 2.05) is 18.5 Å². The van der Waals surface area contributed by atoms with E-state index in [2.05, 4.69) is 33.1 Å². The highest BCUT2D eigenvalue weighted by Gasteiger charge is 2.19. The molecule has 134 valence electrons. The van der Waals surface area contributed by atoms with E-state index in [9.17, 15) is 4.79 Å². The molecular formula is C21H24N4O. The maximum absolute atomic E-state index is 11.7. The van der Waals surface area contributed by atoms with Crippen LogP contribution in [-0.2, 0) is 17.8 Å². The number of carbonyl (C=O) groups is 1. The Kier molecular flexibility index (Phi) is 4.80. The minimum absolute atomic E-state index is 0.394. The van der Waals surface area contributed by atoms with Crippen molar-refractivity contribution in [3.05, 3.63) is 53.3 Å². The second-order valence-electron chi connectivity index (χ2n) is 7.14. The number of likely N-dealkylation sites (tertiary alicyclic amines) is 1. The number of fused-ring (bicyclic) bond motifs is 1. The number of carbonyl (C=O) groups excluding carboxylic acids is 1. The summed E-state index contributed by atoms with van der Waals surface area (Å²) in [6.45, 7) is 3.90. The molecule has 0 radical (unpaired) electrons. The van der Waals surface area contributed by atoms with Gasteiger partial charge in [-0.25, -0.2) is 0 Å². The normalized spacial score (nSPS) is 17.5. The molecule has 5 nitrogen and oxygen atoms in total. The summed E-state index contributed by atoms with van der Waals surface area (Å²) in [5.74, 6) is -0.458. The first kappa shape index (κ1) is 16.9. The van der Waals surface area contributed by atoms with Crippen LogP contribution in [0.15, 0.2) is 41.7 Å². The van der Waals surface area contributed by atoms with Crippen LogP contribution in [0.4, 0.5) is 0 Å². The fourth-order valence-corrected chi connectivity index (χ4v) is 3.89. The van der Waals surface area contributed by atoms with Crippen LogP contribution in [0.2, 0.25) is 0 Å². The van der Waals surface area contributed by atoms with Crippen LogP contribution in [0.1, 0.15) is 36.0 Å². The highest BCUT2D eigenvalue weighted by molar-refractivity contribution is 6.45. The van der Waals surface area contributed by atoms with Gasteiger partial charge < -0.3 is 5.73 Å². The van der Waals surface area contributed by atoms with Gasteiger partial charge in [-0.2, -0.15) is 0 Å². The third-order valence-electron chi connectivity index (χ3n) is 5.23. The molecule has 3 heterocycles. The predicted octanol–water partition coefficient (Wildman–Crippen LogP) is 2.57. The van der Waals surface area contributed by atoms with Crippen LogP contribution in [0.5, 0.6) is 0 Å². The lowest BCUT2D eigenvalue weighted by atomic mass is 9.93. The molecule has 0 atom stereocenters. The quantitative estimate of drug-likeness (QED) is 0.923. The highest BCUT2D eigenvalue weighted by Crippen LogP contribution is 2.26. The fraction of sp³-hybridized carbons (Fsp3) is 0.381. The smallest absolute Gasteiger partial charge is 0.267 e. The van der Waals surface area contributed by atoms with E-state index in [0.29, 0.717) is 12.3 Å². The van der Waals surface area contributed by atoms with Gasteiger partial charge in [0.25, 0.3) is 5.91 Å². The van der Waals surface area contributed by atoms with Gasteiger partial charge in [-0.3, -0.25) is 19.7 Å². The molecule has 4 rings (SSSR count). The van der Waals surface area contributed by atoms with E-state index in [1.165, 1.54) is 37.9 Å². The Hall–Kier alpha value is -2.53. The third-order valence-corrected chi connectivity index (χ3v) is 5.23. The van der Waals surface area contributed by atoms with Crippen molar-refractivity contribution in [2.75, 3.05) is 19.6 Å². The van der Waals surface area contributed by atoms with E-state index in [4.69, 9.17) is 5.73 Å². The number of aliphatic imine (C=N–C) groups is 1. The molecule has 2 aliphatic heterocycles. The number of nitrogens with two attached hydrogens (primary N) is 1. The molecule has 1 aromatic heterocycles. The Morgan fingerprint density at radius 1 is 1.08 bits per heavy atom. The number of nitrogens with zero attached hydrogens (tertiary/aromatic N) is 3. The molecule has 26 heavy (non-hydrogen) atoms. The number of hydrogen-bond acceptors (Lipinski definition) is 4. The van der Waals surface area contributed by atoms with Gasteiger partial charge in [-0.05, 0) is 61.2 Å². The number of pyridine rings is 1. The Labute approximate surface area is 154 Å². The van der Waals surface area contributed by atoms with E-state index in [-0.39, 0.29) is 0 Å². The van der Waals surface area contributed by atoms with Gasteiger partial charge in [0, 0.05) is 36.6 Å². The van der Waals surface area contributed by atoms with Crippen molar-refractivity contribution in [2.24, 2.45) is 10.7 Å². The average molecular weight is 348 g/mol. The molecule has 1 fully saturated rings. The van der Waals surface area contributed by atoms with Gasteiger partial charge in [-0.1, -0.05) is 18.6 Å². The zero-order chi connectivity index (χ0) is 17.9. The lowest BCUT2D eigenvalue weighted by Gasteiger charge is -2.26. The Morgan fingerprint density at radius 3 is 2.73 bits per heavy atom. The maximum Gasteiger partial charge on any atom is 0.267 e. The molecule has 0 unspecified atom stereocenters. The number of rotatable bonds is 4. The minimum atomic E-state index is -0.458. The first-order valence-electron chi connectivity index (χ1n) is 9.35. The molecule has 5 heteroatoms. The van der Waals surface area contributed by atoms with E-state index in [0.717, 1.165) is 35.2 Å². The van der Waals surface area contributed by atoms with Crippen molar-refractivity contribution in [3.8, 4) is 11.1 Å². The van der Waals surface area contributed by atoms with E-state index >= 15 is 0 Å². The highest BCUT2D eigenvalue weighted by atomic mass is 16.1. The van der Waals surface area contributed by atoms with Gasteiger partial charge in [0.1, 0.15) is 5.71 Å². The summed E-state index contributed by atoms with van der Waals surface area (Å²) < 4.78 is 0. The summed E-state index contributed by atoms with van der Waals surface area (Å²) in [5, 5.41) is 0. The Bertz CT molecular complexity index is 853. The second-order valence-corrected chi connectivity index (χ2v) is 7.14. The Morgan fingerprint density at radius 2 is 1.92 bits per heavy atom. The number of primary amides is 1. The summed E-state index contributed by atoms with van der Waals surface area (Å²) in [6.07, 6.45) is 8.59. The van der Waals surface area contributed by atoms with Crippen LogP contribution < -0.4 is 5.73 Å². The molecule has 1 amide bonds. The standard InChI is InChI=1S/C21H24N4O/c22-21(26)20-19-11-17(5-4-16(19)6-7-24-20)18-10-15(12-23-13-18)14-25-8-2-1-3-9-25/h4-5,10-13H,1-3,6-9,14H2,(H2,22,26). The van der Waals surface area contributed by atoms with Crippen LogP contribution in [0, 0.1) is 0 Å².